The third-order valence-corrected chi connectivity index (χ3v) is 4.03. The van der Waals surface area contributed by atoms with E-state index in [9.17, 15) is 4.79 Å². The van der Waals surface area contributed by atoms with E-state index in [2.05, 4.69) is 10.5 Å². The van der Waals surface area contributed by atoms with Crippen LogP contribution < -0.4 is 10.2 Å². The van der Waals surface area contributed by atoms with Crippen LogP contribution in [0.3, 0.4) is 0 Å². The third kappa shape index (κ3) is 4.69. The molecular formula is C20H24N2O2. The Balaban J connectivity index is 1.86. The Morgan fingerprint density at radius 1 is 1.12 bits per heavy atom. The maximum absolute atomic E-state index is 11.9. The van der Waals surface area contributed by atoms with Crippen molar-refractivity contribution < 1.29 is 9.53 Å². The molecule has 1 N–H and O–H groups in total. The molecule has 0 aliphatic carbocycles. The number of hydrogen-bond acceptors (Lipinski definition) is 3. The Hall–Kier alpha value is -2.62. The molecule has 0 heterocycles. The van der Waals surface area contributed by atoms with E-state index >= 15 is 0 Å². The minimum atomic E-state index is -0.271. The fourth-order valence-electron chi connectivity index (χ4n) is 2.38. The average molecular weight is 324 g/mol. The molecule has 0 saturated heterocycles. The van der Waals surface area contributed by atoms with Crippen LogP contribution in [-0.4, -0.2) is 18.7 Å². The maximum atomic E-state index is 11.9. The summed E-state index contributed by atoms with van der Waals surface area (Å²) < 4.78 is 5.67. The van der Waals surface area contributed by atoms with E-state index in [0.29, 0.717) is 0 Å². The zero-order chi connectivity index (χ0) is 17.5. The van der Waals surface area contributed by atoms with E-state index in [-0.39, 0.29) is 18.4 Å². The lowest BCUT2D eigenvalue weighted by atomic mass is 10.0. The highest BCUT2D eigenvalue weighted by Crippen LogP contribution is 2.25. The number of carbonyl (C=O) groups is 1. The van der Waals surface area contributed by atoms with Gasteiger partial charge in [-0.05, 0) is 43.0 Å². The van der Waals surface area contributed by atoms with Gasteiger partial charge < -0.3 is 4.74 Å². The van der Waals surface area contributed by atoms with E-state index in [1.54, 1.807) is 6.21 Å². The van der Waals surface area contributed by atoms with Gasteiger partial charge in [0.15, 0.2) is 6.61 Å². The summed E-state index contributed by atoms with van der Waals surface area (Å²) >= 11 is 0. The number of rotatable bonds is 6. The van der Waals surface area contributed by atoms with Gasteiger partial charge in [-0.25, -0.2) is 5.43 Å². The highest BCUT2D eigenvalue weighted by Gasteiger charge is 2.09. The monoisotopic (exact) mass is 324 g/mol. The molecular weight excluding hydrogens is 300 g/mol. The number of hydrazone groups is 1. The van der Waals surface area contributed by atoms with Crippen LogP contribution >= 0.6 is 0 Å². The van der Waals surface area contributed by atoms with Crippen molar-refractivity contribution in [1.29, 1.82) is 0 Å². The second-order valence-corrected chi connectivity index (χ2v) is 5.95. The molecule has 0 spiro atoms. The van der Waals surface area contributed by atoms with Gasteiger partial charge in [0.2, 0.25) is 0 Å². The zero-order valence-corrected chi connectivity index (χ0v) is 14.7. The molecule has 4 heteroatoms. The van der Waals surface area contributed by atoms with Crippen LogP contribution in [0.15, 0.2) is 47.6 Å². The van der Waals surface area contributed by atoms with Crippen molar-refractivity contribution in [3.63, 3.8) is 0 Å². The van der Waals surface area contributed by atoms with Gasteiger partial charge in [-0.1, -0.05) is 49.4 Å². The first kappa shape index (κ1) is 17.7. The van der Waals surface area contributed by atoms with Gasteiger partial charge >= 0.3 is 0 Å². The molecule has 0 aliphatic heterocycles. The predicted octanol–water partition coefficient (Wildman–Crippen LogP) is 3.90. The first-order valence-corrected chi connectivity index (χ1v) is 8.05. The van der Waals surface area contributed by atoms with Crippen LogP contribution in [0.4, 0.5) is 0 Å². The smallest absolute Gasteiger partial charge is 0.277 e. The fourth-order valence-corrected chi connectivity index (χ4v) is 2.38. The molecule has 1 amide bonds. The number of hydrogen-bond donors (Lipinski definition) is 1. The van der Waals surface area contributed by atoms with E-state index in [1.165, 1.54) is 0 Å². The van der Waals surface area contributed by atoms with Gasteiger partial charge in [0.05, 0.1) is 0 Å². The summed E-state index contributed by atoms with van der Waals surface area (Å²) in [5.41, 5.74) is 6.89. The van der Waals surface area contributed by atoms with Gasteiger partial charge in [-0.2, -0.15) is 5.10 Å². The standard InChI is InChI=1S/C20H24N2O2/c1-14-10-11-15(2)20(17(14)4)24-13-19(23)22-21-12-16(3)18-8-6-5-7-9-18/h5-12,16H,13H2,1-4H3,(H,22,23)/b21-12+. The van der Waals surface area contributed by atoms with Crippen molar-refractivity contribution in [1.82, 2.24) is 5.43 Å². The van der Waals surface area contributed by atoms with Gasteiger partial charge in [0.25, 0.3) is 5.91 Å². The van der Waals surface area contributed by atoms with Crippen LogP contribution in [-0.2, 0) is 4.79 Å². The van der Waals surface area contributed by atoms with Crippen LogP contribution in [0.25, 0.3) is 0 Å². The summed E-state index contributed by atoms with van der Waals surface area (Å²) in [5.74, 6) is 0.632. The minimum Gasteiger partial charge on any atom is -0.483 e. The predicted molar refractivity (Wildman–Crippen MR) is 97.6 cm³/mol. The minimum absolute atomic E-state index is 0.0534. The van der Waals surface area contributed by atoms with Crippen LogP contribution in [0.1, 0.15) is 35.1 Å². The van der Waals surface area contributed by atoms with Gasteiger partial charge in [-0.15, -0.1) is 0 Å². The average Bonchev–Trinajstić information content (AvgIpc) is 2.59. The first-order valence-electron chi connectivity index (χ1n) is 8.05. The van der Waals surface area contributed by atoms with Crippen molar-refractivity contribution in [3.8, 4) is 5.75 Å². The fraction of sp³-hybridized carbons (Fsp3) is 0.300. The lowest BCUT2D eigenvalue weighted by molar-refractivity contribution is -0.123. The molecule has 0 saturated carbocycles. The van der Waals surface area contributed by atoms with Gasteiger partial charge in [0.1, 0.15) is 5.75 Å². The lowest BCUT2D eigenvalue weighted by Crippen LogP contribution is -2.25. The summed E-state index contributed by atoms with van der Waals surface area (Å²) in [4.78, 5) is 11.9. The molecule has 1 atom stereocenters. The van der Waals surface area contributed by atoms with Crippen LogP contribution in [0, 0.1) is 20.8 Å². The SMILES string of the molecule is Cc1ccc(C)c(OCC(=O)N/N=C/C(C)c2ccccc2)c1C. The van der Waals surface area contributed by atoms with Crippen molar-refractivity contribution in [3.05, 3.63) is 64.7 Å². The van der Waals surface area contributed by atoms with E-state index in [4.69, 9.17) is 4.74 Å². The number of amides is 1. The van der Waals surface area contributed by atoms with E-state index < -0.39 is 0 Å². The third-order valence-electron chi connectivity index (χ3n) is 4.03. The van der Waals surface area contributed by atoms with Crippen LogP contribution in [0.5, 0.6) is 5.75 Å². The highest BCUT2D eigenvalue weighted by atomic mass is 16.5. The molecule has 0 bridgehead atoms. The summed E-state index contributed by atoms with van der Waals surface area (Å²) in [5, 5.41) is 4.02. The molecule has 2 aromatic carbocycles. The number of ether oxygens (including phenoxy) is 1. The van der Waals surface area contributed by atoms with E-state index in [1.807, 2.05) is 70.2 Å². The largest absolute Gasteiger partial charge is 0.483 e. The Kier molecular flexibility index (Phi) is 6.13. The number of aryl methyl sites for hydroxylation is 2. The van der Waals surface area contributed by atoms with Gasteiger partial charge in [-0.3, -0.25) is 4.79 Å². The van der Waals surface area contributed by atoms with E-state index in [0.717, 1.165) is 28.0 Å². The lowest BCUT2D eigenvalue weighted by Gasteiger charge is -2.13. The Bertz CT molecular complexity index is 724. The topological polar surface area (TPSA) is 50.7 Å². The number of nitrogens with zero attached hydrogens (tertiary/aromatic N) is 1. The summed E-state index contributed by atoms with van der Waals surface area (Å²) in [6, 6.07) is 14.1. The normalized spacial score (nSPS) is 12.2. The molecule has 4 nitrogen and oxygen atoms in total. The summed E-state index contributed by atoms with van der Waals surface area (Å²) in [6.45, 7) is 7.97. The zero-order valence-electron chi connectivity index (χ0n) is 14.7. The highest BCUT2D eigenvalue weighted by molar-refractivity contribution is 5.79. The summed E-state index contributed by atoms with van der Waals surface area (Å²) in [6.07, 6.45) is 1.72. The molecule has 0 aromatic heterocycles. The van der Waals surface area contributed by atoms with Crippen LogP contribution in [0.2, 0.25) is 0 Å². The molecule has 24 heavy (non-hydrogen) atoms. The Morgan fingerprint density at radius 3 is 2.50 bits per heavy atom. The van der Waals surface area contributed by atoms with Crippen molar-refractivity contribution in [2.45, 2.75) is 33.6 Å². The van der Waals surface area contributed by atoms with Crippen molar-refractivity contribution >= 4 is 12.1 Å². The number of benzene rings is 2. The quantitative estimate of drug-likeness (QED) is 0.647. The maximum Gasteiger partial charge on any atom is 0.277 e. The molecule has 1 unspecified atom stereocenters. The molecule has 2 aromatic rings. The van der Waals surface area contributed by atoms with Crippen molar-refractivity contribution in [2.75, 3.05) is 6.61 Å². The first-order chi connectivity index (χ1) is 11.5. The van der Waals surface area contributed by atoms with Gasteiger partial charge in [0, 0.05) is 12.1 Å². The Morgan fingerprint density at radius 2 is 1.79 bits per heavy atom. The number of nitrogens with one attached hydrogen (secondary N) is 1. The summed E-state index contributed by atoms with van der Waals surface area (Å²) in [7, 11) is 0. The molecule has 0 aliphatic rings. The van der Waals surface area contributed by atoms with Crippen molar-refractivity contribution in [2.24, 2.45) is 5.10 Å². The molecule has 2 rings (SSSR count). The molecule has 126 valence electrons. The Labute approximate surface area is 143 Å². The molecule has 0 radical (unpaired) electrons. The second-order valence-electron chi connectivity index (χ2n) is 5.95. The molecule has 0 fully saturated rings. The number of carbonyl (C=O) groups excluding carboxylic acids is 1. The second kappa shape index (κ2) is 8.29.